The number of rotatable bonds is 7. The first-order chi connectivity index (χ1) is 13.7. The lowest BCUT2D eigenvalue weighted by molar-refractivity contribution is -0.00694. The minimum atomic E-state index is -3.11. The third kappa shape index (κ3) is 4.48. The SMILES string of the molecule is C=C(C)c1cc(-c2ncn(-c3ccc(OCC(F)(F)C(=C)C)nc3)n2)ccc1N. The molecule has 2 aromatic heterocycles. The van der Waals surface area contributed by atoms with Gasteiger partial charge in [-0.2, -0.15) is 8.78 Å². The molecule has 0 aliphatic rings. The molecule has 0 aliphatic carbocycles. The Morgan fingerprint density at radius 1 is 1.17 bits per heavy atom. The second kappa shape index (κ2) is 7.83. The van der Waals surface area contributed by atoms with E-state index < -0.39 is 12.5 Å². The zero-order chi connectivity index (χ0) is 21.2. The zero-order valence-corrected chi connectivity index (χ0v) is 16.2. The fourth-order valence-electron chi connectivity index (χ4n) is 2.47. The highest BCUT2D eigenvalue weighted by atomic mass is 19.3. The molecule has 0 aliphatic heterocycles. The summed E-state index contributed by atoms with van der Waals surface area (Å²) in [7, 11) is 0. The number of halogens is 2. The molecule has 0 fully saturated rings. The van der Waals surface area contributed by atoms with Crippen LogP contribution in [0.1, 0.15) is 19.4 Å². The highest BCUT2D eigenvalue weighted by Gasteiger charge is 2.31. The van der Waals surface area contributed by atoms with Gasteiger partial charge in [0.2, 0.25) is 5.88 Å². The van der Waals surface area contributed by atoms with Gasteiger partial charge in [-0.3, -0.25) is 0 Å². The quantitative estimate of drug-likeness (QED) is 0.468. The Balaban J connectivity index is 1.76. The number of hydrogen-bond donors (Lipinski definition) is 1. The number of alkyl halides is 2. The maximum Gasteiger partial charge on any atom is 0.302 e. The summed E-state index contributed by atoms with van der Waals surface area (Å²) in [6, 6.07) is 8.65. The Bertz CT molecular complexity index is 1060. The van der Waals surface area contributed by atoms with Crippen molar-refractivity contribution in [2.24, 2.45) is 0 Å². The van der Waals surface area contributed by atoms with Gasteiger partial charge in [0.1, 0.15) is 6.33 Å². The molecule has 0 atom stereocenters. The van der Waals surface area contributed by atoms with E-state index >= 15 is 0 Å². The van der Waals surface area contributed by atoms with Crippen LogP contribution in [0.15, 0.2) is 61.6 Å². The molecule has 0 amide bonds. The first-order valence-electron chi connectivity index (χ1n) is 8.78. The number of hydrogen-bond acceptors (Lipinski definition) is 5. The Hall–Kier alpha value is -3.55. The summed E-state index contributed by atoms with van der Waals surface area (Å²) in [4.78, 5) is 8.36. The van der Waals surface area contributed by atoms with Crippen LogP contribution in [0.5, 0.6) is 5.88 Å². The van der Waals surface area contributed by atoms with Crippen LogP contribution in [-0.4, -0.2) is 32.3 Å². The number of ether oxygens (including phenoxy) is 1. The van der Waals surface area contributed by atoms with Crippen molar-refractivity contribution < 1.29 is 13.5 Å². The molecule has 0 saturated carbocycles. The van der Waals surface area contributed by atoms with E-state index in [1.165, 1.54) is 23.9 Å². The largest absolute Gasteiger partial charge is 0.471 e. The second-order valence-electron chi connectivity index (χ2n) is 6.72. The maximum atomic E-state index is 13.6. The average Bonchev–Trinajstić information content (AvgIpc) is 3.17. The molecule has 150 valence electrons. The molecule has 8 heteroatoms. The summed E-state index contributed by atoms with van der Waals surface area (Å²) in [5.41, 5.74) is 9.44. The molecule has 6 nitrogen and oxygen atoms in total. The van der Waals surface area contributed by atoms with E-state index in [4.69, 9.17) is 10.5 Å². The Morgan fingerprint density at radius 3 is 2.55 bits per heavy atom. The molecule has 0 saturated heterocycles. The van der Waals surface area contributed by atoms with Crippen LogP contribution in [0.3, 0.4) is 0 Å². The average molecular weight is 397 g/mol. The van der Waals surface area contributed by atoms with Crippen molar-refractivity contribution in [1.29, 1.82) is 0 Å². The molecule has 0 unspecified atom stereocenters. The number of nitrogens with two attached hydrogens (primary N) is 1. The lowest BCUT2D eigenvalue weighted by Gasteiger charge is -2.16. The molecular weight excluding hydrogens is 376 g/mol. The number of anilines is 1. The van der Waals surface area contributed by atoms with Gasteiger partial charge in [0.25, 0.3) is 0 Å². The number of nitrogen functional groups attached to an aromatic ring is 1. The zero-order valence-electron chi connectivity index (χ0n) is 16.2. The van der Waals surface area contributed by atoms with Crippen LogP contribution in [0.2, 0.25) is 0 Å². The van der Waals surface area contributed by atoms with Crippen molar-refractivity contribution >= 4 is 11.3 Å². The van der Waals surface area contributed by atoms with Crippen molar-refractivity contribution in [3.05, 3.63) is 67.2 Å². The lowest BCUT2D eigenvalue weighted by Crippen LogP contribution is -2.26. The maximum absolute atomic E-state index is 13.6. The summed E-state index contributed by atoms with van der Waals surface area (Å²) in [6.45, 7) is 9.50. The highest BCUT2D eigenvalue weighted by molar-refractivity contribution is 5.76. The number of allylic oxidation sites excluding steroid dienone is 1. The van der Waals surface area contributed by atoms with Gasteiger partial charge < -0.3 is 10.5 Å². The molecule has 3 aromatic rings. The summed E-state index contributed by atoms with van der Waals surface area (Å²) in [6.07, 6.45) is 3.01. The second-order valence-corrected chi connectivity index (χ2v) is 6.72. The number of pyridine rings is 1. The molecule has 29 heavy (non-hydrogen) atoms. The van der Waals surface area contributed by atoms with E-state index in [1.54, 1.807) is 18.5 Å². The van der Waals surface area contributed by atoms with Gasteiger partial charge in [-0.15, -0.1) is 5.10 Å². The summed E-state index contributed by atoms with van der Waals surface area (Å²) in [5, 5.41) is 4.44. The predicted molar refractivity (Wildman–Crippen MR) is 109 cm³/mol. The van der Waals surface area contributed by atoms with Gasteiger partial charge in [-0.05, 0) is 49.3 Å². The van der Waals surface area contributed by atoms with Crippen molar-refractivity contribution in [2.45, 2.75) is 19.8 Å². The molecule has 2 heterocycles. The molecule has 3 rings (SSSR count). The third-order valence-electron chi connectivity index (χ3n) is 4.27. The van der Waals surface area contributed by atoms with Crippen LogP contribution in [0.4, 0.5) is 14.5 Å². The fraction of sp³-hybridized carbons (Fsp3) is 0.190. The van der Waals surface area contributed by atoms with Crippen LogP contribution in [0.25, 0.3) is 22.6 Å². The van der Waals surface area contributed by atoms with Gasteiger partial charge in [0.15, 0.2) is 12.4 Å². The standard InChI is InChI=1S/C21H21F2N5O/c1-13(2)17-9-15(5-7-18(17)24)20-26-12-28(27-20)16-6-8-19(25-10-16)29-11-21(22,23)14(3)4/h5-10,12H,1,3,11,24H2,2,4H3. The van der Waals surface area contributed by atoms with E-state index in [1.807, 2.05) is 19.1 Å². The summed E-state index contributed by atoms with van der Waals surface area (Å²) < 4.78 is 33.7. The lowest BCUT2D eigenvalue weighted by atomic mass is 10.0. The topological polar surface area (TPSA) is 78.8 Å². The predicted octanol–water partition coefficient (Wildman–Crippen LogP) is 4.53. The number of nitrogens with zero attached hydrogens (tertiary/aromatic N) is 4. The van der Waals surface area contributed by atoms with Crippen LogP contribution < -0.4 is 10.5 Å². The van der Waals surface area contributed by atoms with Crippen LogP contribution in [-0.2, 0) is 0 Å². The Labute approximate surface area is 167 Å². The van der Waals surface area contributed by atoms with E-state index in [9.17, 15) is 8.78 Å². The number of benzene rings is 1. The smallest absolute Gasteiger partial charge is 0.302 e. The van der Waals surface area contributed by atoms with Gasteiger partial charge in [0.05, 0.1) is 11.9 Å². The Morgan fingerprint density at radius 2 is 1.93 bits per heavy atom. The molecule has 2 N–H and O–H groups in total. The molecular formula is C21H21F2N5O. The van der Waals surface area contributed by atoms with Gasteiger partial charge in [-0.25, -0.2) is 14.6 Å². The van der Waals surface area contributed by atoms with Crippen LogP contribution in [0, 0.1) is 0 Å². The van der Waals surface area contributed by atoms with Crippen molar-refractivity contribution in [3.63, 3.8) is 0 Å². The number of aromatic nitrogens is 4. The normalized spacial score (nSPS) is 11.3. The Kier molecular flexibility index (Phi) is 5.45. The molecule has 0 radical (unpaired) electrons. The van der Waals surface area contributed by atoms with E-state index in [-0.39, 0.29) is 11.5 Å². The summed E-state index contributed by atoms with van der Waals surface area (Å²) in [5.74, 6) is -2.52. The first kappa shape index (κ1) is 20.2. The third-order valence-corrected chi connectivity index (χ3v) is 4.27. The minimum Gasteiger partial charge on any atom is -0.471 e. The molecule has 1 aromatic carbocycles. The molecule has 0 spiro atoms. The molecule has 0 bridgehead atoms. The fourth-order valence-corrected chi connectivity index (χ4v) is 2.47. The van der Waals surface area contributed by atoms with Gasteiger partial charge in [-0.1, -0.05) is 13.2 Å². The van der Waals surface area contributed by atoms with Crippen molar-refractivity contribution in [3.8, 4) is 23.0 Å². The monoisotopic (exact) mass is 397 g/mol. The van der Waals surface area contributed by atoms with Crippen molar-refractivity contribution in [1.82, 2.24) is 19.7 Å². The van der Waals surface area contributed by atoms with Gasteiger partial charge >= 0.3 is 5.92 Å². The van der Waals surface area contributed by atoms with Crippen molar-refractivity contribution in [2.75, 3.05) is 12.3 Å². The van der Waals surface area contributed by atoms with Gasteiger partial charge in [0, 0.05) is 22.9 Å². The summed E-state index contributed by atoms with van der Waals surface area (Å²) >= 11 is 0. The van der Waals surface area contributed by atoms with E-state index in [0.717, 1.165) is 16.7 Å². The first-order valence-corrected chi connectivity index (χ1v) is 8.78. The minimum absolute atomic E-state index is 0.0830. The van der Waals surface area contributed by atoms with E-state index in [0.29, 0.717) is 17.2 Å². The highest BCUT2D eigenvalue weighted by Crippen LogP contribution is 2.26. The van der Waals surface area contributed by atoms with Crippen LogP contribution >= 0.6 is 0 Å². The van der Waals surface area contributed by atoms with E-state index in [2.05, 4.69) is 28.2 Å².